The third-order valence-corrected chi connectivity index (χ3v) is 3.35. The topological polar surface area (TPSA) is 31.9 Å². The molecule has 1 aromatic heterocycles. The second-order valence-electron chi connectivity index (χ2n) is 5.14. The zero-order valence-corrected chi connectivity index (χ0v) is 10.6. The van der Waals surface area contributed by atoms with Crippen LogP contribution in [0.25, 0.3) is 0 Å². The number of aromatic nitrogens is 2. The molecule has 0 fully saturated rings. The molecule has 0 radical (unpaired) electrons. The van der Waals surface area contributed by atoms with Crippen LogP contribution in [0.15, 0.2) is 0 Å². The largest absolute Gasteiger partial charge is 0.392 e. The highest BCUT2D eigenvalue weighted by molar-refractivity contribution is 5.19. The molecule has 1 atom stereocenters. The van der Waals surface area contributed by atoms with Crippen molar-refractivity contribution in [2.45, 2.75) is 31.9 Å². The Balaban J connectivity index is 2.05. The number of alkyl halides is 3. The van der Waals surface area contributed by atoms with Gasteiger partial charge in [0.25, 0.3) is 0 Å². The highest BCUT2D eigenvalue weighted by Gasteiger charge is 2.41. The fourth-order valence-corrected chi connectivity index (χ4v) is 2.27. The Kier molecular flexibility index (Phi) is 3.66. The lowest BCUT2D eigenvalue weighted by Gasteiger charge is -2.23. The summed E-state index contributed by atoms with van der Waals surface area (Å²) in [6.07, 6.45) is -2.70. The number of hydrogen-bond donors (Lipinski definition) is 1. The van der Waals surface area contributed by atoms with Crippen LogP contribution in [0.2, 0.25) is 0 Å². The van der Waals surface area contributed by atoms with Crippen LogP contribution in [0.3, 0.4) is 0 Å². The number of H-pyrrole nitrogens is 1. The normalized spacial score (nSPS) is 20.2. The molecule has 1 N–H and O–H groups in total. The van der Waals surface area contributed by atoms with E-state index in [4.69, 9.17) is 0 Å². The lowest BCUT2D eigenvalue weighted by Crippen LogP contribution is -2.28. The van der Waals surface area contributed by atoms with Crippen LogP contribution in [0, 0.1) is 5.92 Å². The van der Waals surface area contributed by atoms with Gasteiger partial charge in [-0.05, 0) is 26.9 Å². The van der Waals surface area contributed by atoms with Gasteiger partial charge in [-0.1, -0.05) is 0 Å². The second kappa shape index (κ2) is 4.91. The summed E-state index contributed by atoms with van der Waals surface area (Å²) in [5.74, 6) is -0.413. The number of halogens is 3. The van der Waals surface area contributed by atoms with Crippen molar-refractivity contribution in [3.05, 3.63) is 17.2 Å². The Hall–Kier alpha value is -1.04. The van der Waals surface area contributed by atoms with Gasteiger partial charge in [-0.25, -0.2) is 4.98 Å². The average Bonchev–Trinajstić information content (AvgIpc) is 2.66. The van der Waals surface area contributed by atoms with E-state index in [1.165, 1.54) is 0 Å². The molecule has 18 heavy (non-hydrogen) atoms. The number of rotatable bonds is 3. The van der Waals surface area contributed by atoms with E-state index in [-0.39, 0.29) is 12.8 Å². The van der Waals surface area contributed by atoms with E-state index < -0.39 is 12.1 Å². The van der Waals surface area contributed by atoms with Gasteiger partial charge in [0.05, 0.1) is 11.6 Å². The highest BCUT2D eigenvalue weighted by Crippen LogP contribution is 2.36. The van der Waals surface area contributed by atoms with Gasteiger partial charge in [0.2, 0.25) is 0 Å². The van der Waals surface area contributed by atoms with E-state index in [0.29, 0.717) is 12.1 Å². The predicted molar refractivity (Wildman–Crippen MR) is 62.4 cm³/mol. The number of nitrogens with zero attached hydrogens (tertiary/aromatic N) is 2. The van der Waals surface area contributed by atoms with E-state index in [2.05, 4.69) is 9.97 Å². The molecule has 1 aromatic rings. The first-order chi connectivity index (χ1) is 8.36. The zero-order chi connectivity index (χ0) is 13.3. The quantitative estimate of drug-likeness (QED) is 0.904. The molecule has 0 aliphatic heterocycles. The third kappa shape index (κ3) is 3.04. The Bertz CT molecular complexity index is 409. The summed E-state index contributed by atoms with van der Waals surface area (Å²) in [6.45, 7) is 0.842. The van der Waals surface area contributed by atoms with Crippen molar-refractivity contribution >= 4 is 0 Å². The molecule has 1 unspecified atom stereocenters. The molecule has 0 amide bonds. The van der Waals surface area contributed by atoms with Gasteiger partial charge in [0, 0.05) is 25.1 Å². The molecule has 0 saturated carbocycles. The highest BCUT2D eigenvalue weighted by atomic mass is 19.4. The van der Waals surface area contributed by atoms with Gasteiger partial charge in [-0.2, -0.15) is 13.2 Å². The van der Waals surface area contributed by atoms with Crippen LogP contribution in [0.1, 0.15) is 23.6 Å². The van der Waals surface area contributed by atoms with Gasteiger partial charge < -0.3 is 9.88 Å². The smallest absolute Gasteiger partial charge is 0.346 e. The minimum absolute atomic E-state index is 0.0494. The summed E-state index contributed by atoms with van der Waals surface area (Å²) in [6, 6.07) is 0. The third-order valence-electron chi connectivity index (χ3n) is 3.35. The van der Waals surface area contributed by atoms with Crippen molar-refractivity contribution in [2.75, 3.05) is 20.6 Å². The molecular formula is C12H18F3N3. The summed E-state index contributed by atoms with van der Waals surface area (Å²) in [4.78, 5) is 9.47. The number of nitrogens with one attached hydrogen (secondary N) is 1. The van der Waals surface area contributed by atoms with Crippen molar-refractivity contribution in [1.29, 1.82) is 0 Å². The van der Waals surface area contributed by atoms with Crippen LogP contribution in [-0.4, -0.2) is 41.7 Å². The van der Waals surface area contributed by atoms with Gasteiger partial charge in [0.1, 0.15) is 5.82 Å². The minimum Gasteiger partial charge on any atom is -0.346 e. The van der Waals surface area contributed by atoms with Gasteiger partial charge >= 0.3 is 6.18 Å². The molecule has 6 heteroatoms. The van der Waals surface area contributed by atoms with E-state index in [1.54, 1.807) is 0 Å². The maximum atomic E-state index is 12.7. The standard InChI is InChI=1S/C12H18F3N3/c1-18(2)6-5-11-16-9-4-3-8(12(13,14)15)7-10(9)17-11/h8H,3-7H2,1-2H3,(H,16,17). The van der Waals surface area contributed by atoms with Crippen molar-refractivity contribution in [2.24, 2.45) is 5.92 Å². The van der Waals surface area contributed by atoms with Crippen LogP contribution in [0.4, 0.5) is 13.2 Å². The summed E-state index contributed by atoms with van der Waals surface area (Å²) >= 11 is 0. The number of hydrogen-bond acceptors (Lipinski definition) is 2. The van der Waals surface area contributed by atoms with Crippen LogP contribution in [-0.2, 0) is 19.3 Å². The lowest BCUT2D eigenvalue weighted by atomic mass is 9.89. The number of aromatic amines is 1. The first-order valence-corrected chi connectivity index (χ1v) is 6.14. The first-order valence-electron chi connectivity index (χ1n) is 6.14. The SMILES string of the molecule is CN(C)CCc1nc2c([nH]1)CC(C(F)(F)F)CC2. The second-order valence-corrected chi connectivity index (χ2v) is 5.14. The van der Waals surface area contributed by atoms with E-state index >= 15 is 0 Å². The van der Waals surface area contributed by atoms with Gasteiger partial charge in [-0.3, -0.25) is 0 Å². The molecule has 0 saturated heterocycles. The molecule has 1 heterocycles. The fraction of sp³-hybridized carbons (Fsp3) is 0.750. The van der Waals surface area contributed by atoms with E-state index in [1.807, 2.05) is 19.0 Å². The summed E-state index contributed by atoms with van der Waals surface area (Å²) in [7, 11) is 3.92. The van der Waals surface area contributed by atoms with Crippen molar-refractivity contribution in [3.63, 3.8) is 0 Å². The molecule has 3 nitrogen and oxygen atoms in total. The Morgan fingerprint density at radius 2 is 2.11 bits per heavy atom. The van der Waals surface area contributed by atoms with Crippen LogP contribution < -0.4 is 0 Å². The Labute approximate surface area is 104 Å². The van der Waals surface area contributed by atoms with Crippen LogP contribution in [0.5, 0.6) is 0 Å². The van der Waals surface area contributed by atoms with Gasteiger partial charge in [-0.15, -0.1) is 0 Å². The molecule has 1 aliphatic rings. The molecule has 2 rings (SSSR count). The molecule has 1 aliphatic carbocycles. The fourth-order valence-electron chi connectivity index (χ4n) is 2.27. The first kappa shape index (κ1) is 13.4. The predicted octanol–water partition coefficient (Wildman–Crippen LogP) is 2.18. The maximum absolute atomic E-state index is 12.7. The Morgan fingerprint density at radius 3 is 2.72 bits per heavy atom. The molecule has 0 aromatic carbocycles. The number of aryl methyl sites for hydroxylation is 1. The van der Waals surface area contributed by atoms with Crippen molar-refractivity contribution < 1.29 is 13.2 Å². The molecule has 0 bridgehead atoms. The molecular weight excluding hydrogens is 243 g/mol. The lowest BCUT2D eigenvalue weighted by molar-refractivity contribution is -0.177. The van der Waals surface area contributed by atoms with Crippen LogP contribution >= 0.6 is 0 Å². The number of fused-ring (bicyclic) bond motifs is 1. The number of likely N-dealkylation sites (N-methyl/N-ethyl adjacent to an activating group) is 1. The van der Waals surface area contributed by atoms with E-state index in [0.717, 1.165) is 24.5 Å². The average molecular weight is 261 g/mol. The van der Waals surface area contributed by atoms with Crippen molar-refractivity contribution in [1.82, 2.24) is 14.9 Å². The summed E-state index contributed by atoms with van der Waals surface area (Å²) < 4.78 is 38.0. The number of imidazole rings is 1. The summed E-state index contributed by atoms with van der Waals surface area (Å²) in [5.41, 5.74) is 1.50. The maximum Gasteiger partial charge on any atom is 0.392 e. The van der Waals surface area contributed by atoms with Gasteiger partial charge in [0.15, 0.2) is 0 Å². The Morgan fingerprint density at radius 1 is 1.39 bits per heavy atom. The molecule has 0 spiro atoms. The monoisotopic (exact) mass is 261 g/mol. The van der Waals surface area contributed by atoms with E-state index in [9.17, 15) is 13.2 Å². The summed E-state index contributed by atoms with van der Waals surface area (Å²) in [5, 5.41) is 0. The minimum atomic E-state index is -4.09. The molecule has 102 valence electrons. The zero-order valence-electron chi connectivity index (χ0n) is 10.6. The van der Waals surface area contributed by atoms with Crippen molar-refractivity contribution in [3.8, 4) is 0 Å².